The predicted octanol–water partition coefficient (Wildman–Crippen LogP) is 4.04. The van der Waals surface area contributed by atoms with E-state index in [1.54, 1.807) is 22.9 Å². The van der Waals surface area contributed by atoms with Crippen molar-refractivity contribution in [2.45, 2.75) is 17.5 Å². The van der Waals surface area contributed by atoms with Crippen LogP contribution in [0.3, 0.4) is 0 Å². The number of aromatic nitrogens is 4. The number of aromatic amines is 1. The zero-order valence-corrected chi connectivity index (χ0v) is 15.6. The molecule has 2 N–H and O–H groups in total. The molecule has 9 heteroatoms. The lowest BCUT2D eigenvalue weighted by molar-refractivity contribution is -0.117. The van der Waals surface area contributed by atoms with Gasteiger partial charge in [0.05, 0.1) is 28.7 Å². The average Bonchev–Trinajstić information content (AvgIpc) is 3.05. The van der Waals surface area contributed by atoms with Crippen molar-refractivity contribution in [2.75, 3.05) is 11.6 Å². The number of hydrogen-bond acceptors (Lipinski definition) is 4. The van der Waals surface area contributed by atoms with E-state index < -0.39 is 12.1 Å². The molecule has 4 aromatic rings. The molecule has 28 heavy (non-hydrogen) atoms. The molecule has 1 aromatic carbocycles. The molecule has 2 atom stereocenters. The van der Waals surface area contributed by atoms with E-state index in [1.165, 1.54) is 17.8 Å². The number of alkyl halides is 1. The number of carbonyl (C=O) groups excluding carboxylic acids is 1. The first-order chi connectivity index (χ1) is 13.5. The van der Waals surface area contributed by atoms with Crippen LogP contribution in [0.5, 0.6) is 0 Å². The monoisotopic (exact) mass is 399 g/mol. The molecule has 1 aliphatic rings. The van der Waals surface area contributed by atoms with Crippen LogP contribution in [0.15, 0.2) is 41.7 Å². The summed E-state index contributed by atoms with van der Waals surface area (Å²) in [7, 11) is 0. The van der Waals surface area contributed by atoms with Crippen LogP contribution < -0.4 is 5.32 Å². The highest BCUT2D eigenvalue weighted by Gasteiger charge is 2.43. The van der Waals surface area contributed by atoms with Gasteiger partial charge in [-0.1, -0.05) is 0 Å². The van der Waals surface area contributed by atoms with Gasteiger partial charge in [-0.05, 0) is 24.8 Å². The first-order valence-electron chi connectivity index (χ1n) is 8.69. The summed E-state index contributed by atoms with van der Waals surface area (Å²) in [6.07, 6.45) is 6.20. The van der Waals surface area contributed by atoms with Gasteiger partial charge >= 0.3 is 0 Å². The van der Waals surface area contributed by atoms with Gasteiger partial charge in [0.2, 0.25) is 5.91 Å². The van der Waals surface area contributed by atoms with Crippen LogP contribution in [0, 0.1) is 11.7 Å². The Kier molecular flexibility index (Phi) is 3.87. The summed E-state index contributed by atoms with van der Waals surface area (Å²) in [5.41, 5.74) is 2.78. The summed E-state index contributed by atoms with van der Waals surface area (Å²) in [5.74, 6) is -0.889. The Labute approximate surface area is 162 Å². The van der Waals surface area contributed by atoms with Crippen molar-refractivity contribution in [3.8, 4) is 11.1 Å². The maximum Gasteiger partial charge on any atom is 0.231 e. The smallest absolute Gasteiger partial charge is 0.231 e. The highest BCUT2D eigenvalue weighted by atomic mass is 32.2. The molecule has 0 unspecified atom stereocenters. The van der Waals surface area contributed by atoms with Crippen molar-refractivity contribution in [3.63, 3.8) is 0 Å². The van der Waals surface area contributed by atoms with Crippen LogP contribution in [0.1, 0.15) is 6.42 Å². The number of rotatable bonds is 4. The van der Waals surface area contributed by atoms with Crippen molar-refractivity contribution >= 4 is 40.0 Å². The second kappa shape index (κ2) is 6.30. The molecular weight excluding hydrogens is 384 g/mol. The molecular formula is C19H15F2N5OS. The van der Waals surface area contributed by atoms with E-state index in [1.807, 2.05) is 18.5 Å². The lowest BCUT2D eigenvalue weighted by Crippen LogP contribution is -2.15. The van der Waals surface area contributed by atoms with E-state index in [9.17, 15) is 13.6 Å². The second-order valence-electron chi connectivity index (χ2n) is 6.75. The Bertz CT molecular complexity index is 1230. The largest absolute Gasteiger partial charge is 0.309 e. The minimum absolute atomic E-state index is 0.265. The Hall–Kier alpha value is -2.94. The summed E-state index contributed by atoms with van der Waals surface area (Å²) >= 11 is 1.33. The number of nitrogens with zero attached hydrogens (tertiary/aromatic N) is 3. The number of anilines is 1. The third kappa shape index (κ3) is 2.73. The predicted molar refractivity (Wildman–Crippen MR) is 104 cm³/mol. The maximum absolute atomic E-state index is 14.6. The summed E-state index contributed by atoms with van der Waals surface area (Å²) in [4.78, 5) is 16.8. The van der Waals surface area contributed by atoms with Crippen molar-refractivity contribution in [3.05, 3.63) is 42.6 Å². The van der Waals surface area contributed by atoms with Gasteiger partial charge in [-0.15, -0.1) is 11.8 Å². The second-order valence-corrected chi connectivity index (χ2v) is 7.57. The molecule has 5 rings (SSSR count). The molecule has 1 aliphatic carbocycles. The quantitative estimate of drug-likeness (QED) is 0.508. The van der Waals surface area contributed by atoms with Crippen LogP contribution in [0.25, 0.3) is 27.7 Å². The summed E-state index contributed by atoms with van der Waals surface area (Å²) < 4.78 is 29.4. The van der Waals surface area contributed by atoms with Crippen LogP contribution >= 0.6 is 11.8 Å². The van der Waals surface area contributed by atoms with Gasteiger partial charge in [0, 0.05) is 28.8 Å². The molecule has 3 aromatic heterocycles. The zero-order valence-electron chi connectivity index (χ0n) is 14.7. The fourth-order valence-electron chi connectivity index (χ4n) is 3.38. The van der Waals surface area contributed by atoms with Crippen LogP contribution in [0.4, 0.5) is 14.6 Å². The van der Waals surface area contributed by atoms with Gasteiger partial charge in [-0.2, -0.15) is 5.10 Å². The summed E-state index contributed by atoms with van der Waals surface area (Å²) in [5, 5.41) is 10.3. The Morgan fingerprint density at radius 2 is 2.21 bits per heavy atom. The lowest BCUT2D eigenvalue weighted by Gasteiger charge is -2.11. The normalized spacial score (nSPS) is 18.7. The van der Waals surface area contributed by atoms with Gasteiger partial charge in [0.15, 0.2) is 5.82 Å². The van der Waals surface area contributed by atoms with Gasteiger partial charge in [0.1, 0.15) is 17.6 Å². The average molecular weight is 399 g/mol. The van der Waals surface area contributed by atoms with E-state index in [-0.39, 0.29) is 18.1 Å². The zero-order chi connectivity index (χ0) is 19.4. The van der Waals surface area contributed by atoms with Crippen LogP contribution in [-0.2, 0) is 4.79 Å². The summed E-state index contributed by atoms with van der Waals surface area (Å²) in [6.45, 7) is 0. The Balaban J connectivity index is 1.58. The molecule has 0 aliphatic heterocycles. The van der Waals surface area contributed by atoms with Gasteiger partial charge in [0.25, 0.3) is 0 Å². The van der Waals surface area contributed by atoms with Crippen LogP contribution in [0.2, 0.25) is 0 Å². The molecule has 0 bridgehead atoms. The van der Waals surface area contributed by atoms with Gasteiger partial charge < -0.3 is 9.72 Å². The molecule has 0 saturated heterocycles. The Morgan fingerprint density at radius 1 is 1.39 bits per heavy atom. The van der Waals surface area contributed by atoms with E-state index >= 15 is 0 Å². The number of nitrogens with one attached hydrogen (secondary N) is 2. The maximum atomic E-state index is 14.6. The highest BCUT2D eigenvalue weighted by molar-refractivity contribution is 7.98. The van der Waals surface area contributed by atoms with E-state index in [0.29, 0.717) is 21.9 Å². The summed E-state index contributed by atoms with van der Waals surface area (Å²) in [6, 6.07) is 5.09. The third-order valence-electron chi connectivity index (χ3n) is 4.90. The highest BCUT2D eigenvalue weighted by Crippen LogP contribution is 2.38. The number of benzene rings is 1. The SMILES string of the molecule is CSc1c(F)cc2[nH]ncc2c1-c1ccc2nc(NC(=O)[C@@H]3C[C@@H]3F)cn2c1. The first kappa shape index (κ1) is 17.2. The number of pyridine rings is 1. The first-order valence-corrected chi connectivity index (χ1v) is 9.91. The molecule has 0 radical (unpaired) electrons. The minimum atomic E-state index is -1.06. The van der Waals surface area contributed by atoms with Crippen molar-refractivity contribution in [1.82, 2.24) is 19.6 Å². The molecule has 6 nitrogen and oxygen atoms in total. The van der Waals surface area contributed by atoms with Crippen molar-refractivity contribution in [2.24, 2.45) is 5.92 Å². The molecule has 142 valence electrons. The van der Waals surface area contributed by atoms with Crippen molar-refractivity contribution in [1.29, 1.82) is 0 Å². The van der Waals surface area contributed by atoms with Gasteiger partial charge in [-0.3, -0.25) is 9.89 Å². The minimum Gasteiger partial charge on any atom is -0.309 e. The number of H-pyrrole nitrogens is 1. The number of imidazole rings is 1. The fraction of sp³-hybridized carbons (Fsp3) is 0.211. The fourth-order valence-corrected chi connectivity index (χ4v) is 4.07. The van der Waals surface area contributed by atoms with E-state index in [0.717, 1.165) is 16.5 Å². The third-order valence-corrected chi connectivity index (χ3v) is 5.71. The molecule has 0 spiro atoms. The molecule has 1 saturated carbocycles. The molecule has 1 fully saturated rings. The van der Waals surface area contributed by atoms with E-state index in [4.69, 9.17) is 0 Å². The number of halogens is 2. The number of carbonyl (C=O) groups is 1. The Morgan fingerprint density at radius 3 is 2.96 bits per heavy atom. The van der Waals surface area contributed by atoms with Crippen molar-refractivity contribution < 1.29 is 13.6 Å². The van der Waals surface area contributed by atoms with Gasteiger partial charge in [-0.25, -0.2) is 13.8 Å². The molecule has 3 heterocycles. The topological polar surface area (TPSA) is 75.1 Å². The number of thioether (sulfide) groups is 1. The van der Waals surface area contributed by atoms with E-state index in [2.05, 4.69) is 20.5 Å². The van der Waals surface area contributed by atoms with Crippen LogP contribution in [-0.4, -0.2) is 37.9 Å². The number of fused-ring (bicyclic) bond motifs is 2. The lowest BCUT2D eigenvalue weighted by atomic mass is 10.0. The number of amides is 1. The standard InChI is InChI=1S/C19H15F2N5OS/c1-28-18-13(21)5-14-11(6-22-25-14)17(18)9-2-3-16-23-15(8-26(16)7-9)24-19(27)10-4-12(10)20/h2-3,5-8,10,12H,4H2,1H3,(H,22,25)(H,24,27)/t10-,12+/m1/s1. The number of hydrogen-bond donors (Lipinski definition) is 2. The molecule has 1 amide bonds.